The summed E-state index contributed by atoms with van der Waals surface area (Å²) in [5.41, 5.74) is 2.48. The molecule has 0 spiro atoms. The molecule has 2 aromatic carbocycles. The van der Waals surface area contributed by atoms with Crippen LogP contribution >= 0.6 is 0 Å². The Labute approximate surface area is 232 Å². The minimum Gasteiger partial charge on any atom is -0.496 e. The van der Waals surface area contributed by atoms with E-state index in [0.717, 1.165) is 17.2 Å². The second-order valence-corrected chi connectivity index (χ2v) is 10.9. The fourth-order valence-electron chi connectivity index (χ4n) is 5.75. The number of halogens is 4. The van der Waals surface area contributed by atoms with Gasteiger partial charge in [0.25, 0.3) is 0 Å². The van der Waals surface area contributed by atoms with Gasteiger partial charge in [0.1, 0.15) is 17.7 Å². The molecular weight excluding hydrogens is 524 g/mol. The number of carbonyl (C=O) groups excluding carboxylic acids is 1. The predicted octanol–water partition coefficient (Wildman–Crippen LogP) is 7.41. The molecule has 1 fully saturated rings. The summed E-state index contributed by atoms with van der Waals surface area (Å²) >= 11 is 0. The predicted molar refractivity (Wildman–Crippen MR) is 146 cm³/mol. The van der Waals surface area contributed by atoms with E-state index in [9.17, 15) is 22.4 Å². The molecule has 1 saturated heterocycles. The van der Waals surface area contributed by atoms with Crippen LogP contribution < -0.4 is 10.1 Å². The van der Waals surface area contributed by atoms with Crippen molar-refractivity contribution in [3.05, 3.63) is 87.8 Å². The number of cyclic esters (lactones) is 1. The van der Waals surface area contributed by atoms with Crippen LogP contribution in [-0.4, -0.2) is 43.9 Å². The van der Waals surface area contributed by atoms with Gasteiger partial charge in [-0.2, -0.15) is 13.2 Å². The van der Waals surface area contributed by atoms with Crippen molar-refractivity contribution in [2.24, 2.45) is 5.92 Å². The van der Waals surface area contributed by atoms with Crippen molar-refractivity contribution in [2.75, 3.05) is 20.7 Å². The molecule has 2 unspecified atom stereocenters. The van der Waals surface area contributed by atoms with Crippen LogP contribution in [0.1, 0.15) is 67.9 Å². The van der Waals surface area contributed by atoms with Crippen LogP contribution in [-0.2, 0) is 11.3 Å². The second-order valence-electron chi connectivity index (χ2n) is 10.9. The Morgan fingerprint density at radius 2 is 1.88 bits per heavy atom. The van der Waals surface area contributed by atoms with E-state index in [2.05, 4.69) is 5.32 Å². The van der Waals surface area contributed by atoms with Gasteiger partial charge in [0.15, 0.2) is 0 Å². The highest BCUT2D eigenvalue weighted by molar-refractivity contribution is 5.72. The number of alkyl halides is 3. The zero-order chi connectivity index (χ0) is 29.4. The maximum atomic E-state index is 14.8. The molecule has 1 amide bonds. The lowest BCUT2D eigenvalue weighted by Crippen LogP contribution is -2.36. The molecule has 40 heavy (non-hydrogen) atoms. The van der Waals surface area contributed by atoms with E-state index in [1.807, 2.05) is 52.1 Å². The first-order valence-corrected chi connectivity index (χ1v) is 13.4. The molecular formula is C31H36F4N2O3. The molecule has 5 nitrogen and oxygen atoms in total. The van der Waals surface area contributed by atoms with Crippen molar-refractivity contribution in [1.29, 1.82) is 0 Å². The molecule has 0 saturated carbocycles. The fourth-order valence-corrected chi connectivity index (χ4v) is 5.75. The first kappa shape index (κ1) is 29.6. The van der Waals surface area contributed by atoms with Gasteiger partial charge in [-0.1, -0.05) is 51.1 Å². The largest absolute Gasteiger partial charge is 0.496 e. The molecule has 0 radical (unpaired) electrons. The van der Waals surface area contributed by atoms with Gasteiger partial charge in [-0.3, -0.25) is 4.90 Å². The van der Waals surface area contributed by atoms with E-state index in [4.69, 9.17) is 9.47 Å². The van der Waals surface area contributed by atoms with Crippen molar-refractivity contribution in [3.8, 4) is 5.75 Å². The third kappa shape index (κ3) is 5.89. The number of hydrogen-bond acceptors (Lipinski definition) is 4. The standard InChI is InChI=1S/C31H36F4N2O3/c1-17(2)24-13-25(27(39-6)14-26(24)32)28-18(3)10-23(31(33,34)35)12-22(28)16-37-19(4)29(40-30(37)38)21-9-7-8-20(11-21)15-36-5/h7-14,17-19,28-29,36H,15-16H2,1-6H3/t18?,19-,28?,29-/m0/s1. The average Bonchev–Trinajstić information content (AvgIpc) is 3.16. The highest BCUT2D eigenvalue weighted by Gasteiger charge is 2.43. The SMILES string of the molecule is CNCc1cccc([C@H]2OC(=O)N(CC3=CC(C(F)(F)F)=CC(C)C3c3cc(C(C)C)c(F)cc3OC)[C@H]2C)c1. The number of allylic oxidation sites excluding steroid dienone is 3. The Morgan fingerprint density at radius 1 is 1.15 bits per heavy atom. The molecule has 4 rings (SSSR count). The van der Waals surface area contributed by atoms with E-state index in [-0.39, 0.29) is 18.2 Å². The lowest BCUT2D eigenvalue weighted by atomic mass is 9.75. The van der Waals surface area contributed by atoms with Crippen LogP contribution in [0.4, 0.5) is 22.4 Å². The summed E-state index contributed by atoms with van der Waals surface area (Å²) in [5.74, 6) is -1.50. The van der Waals surface area contributed by atoms with E-state index >= 15 is 0 Å². The summed E-state index contributed by atoms with van der Waals surface area (Å²) in [5, 5.41) is 3.09. The first-order chi connectivity index (χ1) is 18.8. The molecule has 1 aliphatic heterocycles. The topological polar surface area (TPSA) is 50.8 Å². The highest BCUT2D eigenvalue weighted by Crippen LogP contribution is 2.46. The smallest absolute Gasteiger partial charge is 0.416 e. The Hall–Kier alpha value is -3.33. The monoisotopic (exact) mass is 560 g/mol. The van der Waals surface area contributed by atoms with Crippen molar-refractivity contribution < 1.29 is 31.8 Å². The number of ether oxygens (including phenoxy) is 2. The van der Waals surface area contributed by atoms with E-state index < -0.39 is 47.6 Å². The van der Waals surface area contributed by atoms with Crippen LogP contribution in [0.15, 0.2) is 59.7 Å². The third-order valence-corrected chi connectivity index (χ3v) is 7.75. The van der Waals surface area contributed by atoms with E-state index in [1.54, 1.807) is 13.0 Å². The number of nitrogens with zero attached hydrogens (tertiary/aromatic N) is 1. The molecule has 1 heterocycles. The number of amides is 1. The summed E-state index contributed by atoms with van der Waals surface area (Å²) in [7, 11) is 3.25. The van der Waals surface area contributed by atoms with E-state index in [1.165, 1.54) is 24.2 Å². The Balaban J connectivity index is 1.74. The van der Waals surface area contributed by atoms with Crippen molar-refractivity contribution in [1.82, 2.24) is 10.2 Å². The van der Waals surface area contributed by atoms with Gasteiger partial charge in [-0.15, -0.1) is 0 Å². The lowest BCUT2D eigenvalue weighted by Gasteiger charge is -2.34. The molecule has 2 aliphatic rings. The lowest BCUT2D eigenvalue weighted by molar-refractivity contribution is -0.0891. The summed E-state index contributed by atoms with van der Waals surface area (Å²) < 4.78 is 67.9. The number of hydrogen-bond donors (Lipinski definition) is 1. The van der Waals surface area contributed by atoms with Gasteiger partial charge >= 0.3 is 12.3 Å². The second kappa shape index (κ2) is 11.6. The molecule has 0 aromatic heterocycles. The molecule has 2 aromatic rings. The minimum atomic E-state index is -4.56. The Morgan fingerprint density at radius 3 is 2.50 bits per heavy atom. The highest BCUT2D eigenvalue weighted by atomic mass is 19.4. The first-order valence-electron chi connectivity index (χ1n) is 13.4. The zero-order valence-corrected chi connectivity index (χ0v) is 23.6. The van der Waals surface area contributed by atoms with E-state index in [0.29, 0.717) is 23.2 Å². The summed E-state index contributed by atoms with van der Waals surface area (Å²) in [6.07, 6.45) is -3.43. The van der Waals surface area contributed by atoms with Gasteiger partial charge in [-0.05, 0) is 60.2 Å². The normalized spacial score (nSPS) is 23.3. The molecule has 1 N–H and O–H groups in total. The number of carbonyl (C=O) groups is 1. The zero-order valence-electron chi connectivity index (χ0n) is 23.6. The summed E-state index contributed by atoms with van der Waals surface area (Å²) in [4.78, 5) is 14.6. The maximum Gasteiger partial charge on any atom is 0.416 e. The van der Waals surface area contributed by atoms with Crippen LogP contribution in [0, 0.1) is 11.7 Å². The van der Waals surface area contributed by atoms with Crippen LogP contribution in [0.3, 0.4) is 0 Å². The number of rotatable bonds is 8. The van der Waals surface area contributed by atoms with Crippen molar-refractivity contribution >= 4 is 6.09 Å². The Bertz CT molecular complexity index is 1320. The van der Waals surface area contributed by atoms with Gasteiger partial charge in [0, 0.05) is 30.6 Å². The van der Waals surface area contributed by atoms with Gasteiger partial charge < -0.3 is 14.8 Å². The minimum absolute atomic E-state index is 0.0767. The molecule has 1 aliphatic carbocycles. The number of methoxy groups -OCH3 is 1. The van der Waals surface area contributed by atoms with Crippen molar-refractivity contribution in [3.63, 3.8) is 0 Å². The van der Waals surface area contributed by atoms with Gasteiger partial charge in [-0.25, -0.2) is 9.18 Å². The maximum absolute atomic E-state index is 14.8. The molecule has 9 heteroatoms. The summed E-state index contributed by atoms with van der Waals surface area (Å²) in [6.45, 7) is 7.80. The van der Waals surface area contributed by atoms with Crippen LogP contribution in [0.25, 0.3) is 0 Å². The number of benzene rings is 2. The van der Waals surface area contributed by atoms with Gasteiger partial charge in [0.05, 0.1) is 18.7 Å². The quantitative estimate of drug-likeness (QED) is 0.342. The van der Waals surface area contributed by atoms with Crippen LogP contribution in [0.2, 0.25) is 0 Å². The summed E-state index contributed by atoms with van der Waals surface area (Å²) in [6, 6.07) is 10.2. The fraction of sp³-hybridized carbons (Fsp3) is 0.452. The molecule has 0 bridgehead atoms. The third-order valence-electron chi connectivity index (χ3n) is 7.75. The van der Waals surface area contributed by atoms with Crippen LogP contribution in [0.5, 0.6) is 5.75 Å². The molecule has 216 valence electrons. The number of nitrogens with one attached hydrogen (secondary N) is 1. The average molecular weight is 561 g/mol. The molecule has 4 atom stereocenters. The van der Waals surface area contributed by atoms with Gasteiger partial charge in [0.2, 0.25) is 0 Å². The Kier molecular flexibility index (Phi) is 8.63. The van der Waals surface area contributed by atoms with Crippen molar-refractivity contribution in [2.45, 2.75) is 64.4 Å².